The minimum Gasteiger partial charge on any atom is -0.267 e. The summed E-state index contributed by atoms with van der Waals surface area (Å²) in [6.45, 7) is 0.765. The fourth-order valence-electron chi connectivity index (χ4n) is 2.41. The second-order valence-electron chi connectivity index (χ2n) is 4.09. The van der Waals surface area contributed by atoms with Crippen molar-refractivity contribution in [1.82, 2.24) is 0 Å². The van der Waals surface area contributed by atoms with Crippen molar-refractivity contribution in [3.63, 3.8) is 0 Å². The van der Waals surface area contributed by atoms with Crippen LogP contribution in [0.2, 0.25) is 0 Å². The van der Waals surface area contributed by atoms with Gasteiger partial charge in [-0.2, -0.15) is 10.2 Å². The van der Waals surface area contributed by atoms with Crippen LogP contribution < -0.4 is 0 Å². The van der Waals surface area contributed by atoms with E-state index in [9.17, 15) is 4.79 Å². The zero-order valence-electron chi connectivity index (χ0n) is 8.21. The molecule has 0 aromatic rings. The molecule has 1 amide bonds. The molecule has 15 heavy (non-hydrogen) atoms. The molecule has 76 valence electrons. The summed E-state index contributed by atoms with van der Waals surface area (Å²) in [5.41, 5.74) is 1.19. The molecule has 1 aliphatic carbocycles. The van der Waals surface area contributed by atoms with E-state index in [4.69, 9.17) is 0 Å². The van der Waals surface area contributed by atoms with Crippen LogP contribution in [0.4, 0.5) is 0 Å². The first-order valence-corrected chi connectivity index (χ1v) is 5.17. The molecule has 0 aromatic carbocycles. The Bertz CT molecular complexity index is 420. The van der Waals surface area contributed by atoms with Crippen molar-refractivity contribution in [2.45, 2.75) is 12.5 Å². The Morgan fingerprint density at radius 3 is 3.20 bits per heavy atom. The van der Waals surface area contributed by atoms with E-state index in [1.165, 1.54) is 11.6 Å². The van der Waals surface area contributed by atoms with Crippen LogP contribution in [-0.4, -0.2) is 24.7 Å². The molecule has 0 spiro atoms. The molecular formula is C11H11N3O. The third-order valence-electron chi connectivity index (χ3n) is 3.24. The number of allylic oxidation sites excluding steroid dienone is 2. The van der Waals surface area contributed by atoms with Crippen molar-refractivity contribution in [3.05, 3.63) is 23.8 Å². The normalized spacial score (nSPS) is 37.2. The van der Waals surface area contributed by atoms with Gasteiger partial charge in [0.05, 0.1) is 12.6 Å². The molecule has 3 aliphatic rings. The van der Waals surface area contributed by atoms with Gasteiger partial charge in [0.2, 0.25) is 0 Å². The van der Waals surface area contributed by atoms with Gasteiger partial charge in [-0.15, -0.1) is 0 Å². The number of hydrogen-bond acceptors (Lipinski definition) is 3. The van der Waals surface area contributed by atoms with Gasteiger partial charge in [-0.05, 0) is 12.0 Å². The van der Waals surface area contributed by atoms with Crippen LogP contribution in [0.25, 0.3) is 0 Å². The van der Waals surface area contributed by atoms with Gasteiger partial charge >= 0.3 is 0 Å². The topological polar surface area (TPSA) is 54.1 Å². The van der Waals surface area contributed by atoms with Gasteiger partial charge in [0.1, 0.15) is 0 Å². The zero-order valence-corrected chi connectivity index (χ0v) is 8.21. The molecule has 0 bridgehead atoms. The second kappa shape index (κ2) is 3.22. The number of nitrogens with zero attached hydrogens (tertiary/aromatic N) is 3. The lowest BCUT2D eigenvalue weighted by atomic mass is 9.77. The Morgan fingerprint density at radius 1 is 1.33 bits per heavy atom. The highest BCUT2D eigenvalue weighted by Crippen LogP contribution is 2.36. The zero-order chi connectivity index (χ0) is 10.3. The Kier molecular flexibility index (Phi) is 1.87. The van der Waals surface area contributed by atoms with E-state index >= 15 is 0 Å². The van der Waals surface area contributed by atoms with Crippen LogP contribution in [-0.2, 0) is 4.79 Å². The number of amides is 1. The highest BCUT2D eigenvalue weighted by molar-refractivity contribution is 5.96. The van der Waals surface area contributed by atoms with Crippen molar-refractivity contribution in [2.24, 2.45) is 27.1 Å². The summed E-state index contributed by atoms with van der Waals surface area (Å²) in [6, 6.07) is 0.298. The van der Waals surface area contributed by atoms with E-state index in [0.29, 0.717) is 12.0 Å². The third kappa shape index (κ3) is 1.37. The van der Waals surface area contributed by atoms with E-state index in [-0.39, 0.29) is 11.8 Å². The molecule has 2 aliphatic heterocycles. The molecule has 0 saturated heterocycles. The van der Waals surface area contributed by atoms with Crippen molar-refractivity contribution >= 4 is 12.1 Å². The largest absolute Gasteiger partial charge is 0.269 e. The molecule has 0 N–H and O–H groups in total. The number of fused-ring (bicyclic) bond motifs is 3. The maximum Gasteiger partial charge on any atom is 0.269 e. The van der Waals surface area contributed by atoms with Gasteiger partial charge in [-0.1, -0.05) is 12.2 Å². The van der Waals surface area contributed by atoms with Crippen LogP contribution in [0.5, 0.6) is 0 Å². The van der Waals surface area contributed by atoms with Crippen LogP contribution in [0, 0.1) is 11.8 Å². The summed E-state index contributed by atoms with van der Waals surface area (Å²) >= 11 is 0. The standard InChI is InChI=1S/C11H11N3O/c15-11-4-2-7-1-3-10-9(6-13-14-10)8(7)5-12-11/h1-2,4-5,8-10H,3,6H2. The number of carbonyl (C=O) groups excluding carboxylic acids is 1. The Balaban J connectivity index is 1.99. The molecule has 2 heterocycles. The SMILES string of the molecule is O=C1C=CC2=CCC3N=NCC3C2C=N1. The first-order chi connectivity index (χ1) is 7.34. The Labute approximate surface area is 87.5 Å². The summed E-state index contributed by atoms with van der Waals surface area (Å²) in [6.07, 6.45) is 8.27. The van der Waals surface area contributed by atoms with E-state index < -0.39 is 0 Å². The van der Waals surface area contributed by atoms with Crippen molar-refractivity contribution in [2.75, 3.05) is 6.54 Å². The third-order valence-corrected chi connectivity index (χ3v) is 3.24. The molecule has 0 fully saturated rings. The summed E-state index contributed by atoms with van der Waals surface area (Å²) in [4.78, 5) is 15.1. The van der Waals surface area contributed by atoms with Gasteiger partial charge in [0, 0.05) is 24.1 Å². The summed E-state index contributed by atoms with van der Waals surface area (Å²) in [7, 11) is 0. The van der Waals surface area contributed by atoms with E-state index in [1.54, 1.807) is 6.21 Å². The Hall–Kier alpha value is -1.58. The molecular weight excluding hydrogens is 190 g/mol. The van der Waals surface area contributed by atoms with Crippen LogP contribution in [0.1, 0.15) is 6.42 Å². The number of rotatable bonds is 0. The smallest absolute Gasteiger partial charge is 0.267 e. The first kappa shape index (κ1) is 8.71. The molecule has 3 rings (SSSR count). The van der Waals surface area contributed by atoms with Crippen molar-refractivity contribution in [3.8, 4) is 0 Å². The molecule has 3 unspecified atom stereocenters. The molecule has 0 saturated carbocycles. The molecule has 3 atom stereocenters. The summed E-state index contributed by atoms with van der Waals surface area (Å²) in [5.74, 6) is 0.458. The number of azo groups is 1. The fourth-order valence-corrected chi connectivity index (χ4v) is 2.41. The van der Waals surface area contributed by atoms with Crippen LogP contribution in [0.3, 0.4) is 0 Å². The number of carbonyl (C=O) groups is 1. The highest BCUT2D eigenvalue weighted by atomic mass is 16.1. The van der Waals surface area contributed by atoms with Gasteiger partial charge in [-0.25, -0.2) is 4.99 Å². The van der Waals surface area contributed by atoms with Crippen molar-refractivity contribution in [1.29, 1.82) is 0 Å². The highest BCUT2D eigenvalue weighted by Gasteiger charge is 2.36. The summed E-state index contributed by atoms with van der Waals surface area (Å²) in [5, 5.41) is 8.30. The molecule has 4 heteroatoms. The summed E-state index contributed by atoms with van der Waals surface area (Å²) < 4.78 is 0. The predicted octanol–water partition coefficient (Wildman–Crippen LogP) is 1.55. The van der Waals surface area contributed by atoms with E-state index in [0.717, 1.165) is 13.0 Å². The van der Waals surface area contributed by atoms with Gasteiger partial charge in [0.25, 0.3) is 5.91 Å². The minimum absolute atomic E-state index is 0.172. The number of hydrogen-bond donors (Lipinski definition) is 0. The van der Waals surface area contributed by atoms with Gasteiger partial charge in [-0.3, -0.25) is 4.79 Å². The lowest BCUT2D eigenvalue weighted by molar-refractivity contribution is -0.113. The maximum absolute atomic E-state index is 11.2. The maximum atomic E-state index is 11.2. The quantitative estimate of drug-likeness (QED) is 0.586. The predicted molar refractivity (Wildman–Crippen MR) is 55.8 cm³/mol. The van der Waals surface area contributed by atoms with Crippen molar-refractivity contribution < 1.29 is 4.79 Å². The molecule has 0 radical (unpaired) electrons. The minimum atomic E-state index is -0.172. The van der Waals surface area contributed by atoms with Crippen LogP contribution in [0.15, 0.2) is 39.0 Å². The number of aliphatic imine (C=N–C) groups is 1. The van der Waals surface area contributed by atoms with Gasteiger partial charge in [0.15, 0.2) is 0 Å². The average Bonchev–Trinajstić information content (AvgIpc) is 2.64. The second-order valence-corrected chi connectivity index (χ2v) is 4.09. The van der Waals surface area contributed by atoms with E-state index in [2.05, 4.69) is 21.3 Å². The monoisotopic (exact) mass is 201 g/mol. The molecule has 0 aromatic heterocycles. The fraction of sp³-hybridized carbons (Fsp3) is 0.455. The Morgan fingerprint density at radius 2 is 2.27 bits per heavy atom. The van der Waals surface area contributed by atoms with Crippen LogP contribution >= 0.6 is 0 Å². The van der Waals surface area contributed by atoms with E-state index in [1.807, 2.05) is 6.08 Å². The lowest BCUT2D eigenvalue weighted by Crippen LogP contribution is -2.30. The molecule has 4 nitrogen and oxygen atoms in total. The lowest BCUT2D eigenvalue weighted by Gasteiger charge is -2.27. The first-order valence-electron chi connectivity index (χ1n) is 5.17. The van der Waals surface area contributed by atoms with Gasteiger partial charge < -0.3 is 0 Å². The average molecular weight is 201 g/mol.